The van der Waals surface area contributed by atoms with Gasteiger partial charge in [0.25, 0.3) is 0 Å². The van der Waals surface area contributed by atoms with Crippen LogP contribution in [0.2, 0.25) is 0 Å². The third-order valence-electron chi connectivity index (χ3n) is 5.11. The fraction of sp³-hybridized carbons (Fsp3) is 0.280. The van der Waals surface area contributed by atoms with Crippen molar-refractivity contribution in [2.24, 2.45) is 0 Å². The van der Waals surface area contributed by atoms with E-state index in [-0.39, 0.29) is 0 Å². The van der Waals surface area contributed by atoms with E-state index in [1.807, 2.05) is 0 Å². The van der Waals surface area contributed by atoms with E-state index in [4.69, 9.17) is 0 Å². The van der Waals surface area contributed by atoms with Crippen molar-refractivity contribution in [2.45, 2.75) is 46.0 Å². The molecule has 0 radical (unpaired) electrons. The van der Waals surface area contributed by atoms with Gasteiger partial charge in [-0.15, -0.1) is 0 Å². The van der Waals surface area contributed by atoms with E-state index in [1.54, 1.807) is 0 Å². The van der Waals surface area contributed by atoms with Gasteiger partial charge in [0.1, 0.15) is 0 Å². The van der Waals surface area contributed by atoms with Gasteiger partial charge in [-0.3, -0.25) is 0 Å². The van der Waals surface area contributed by atoms with Crippen LogP contribution in [0, 0.1) is 0 Å². The summed E-state index contributed by atoms with van der Waals surface area (Å²) in [5, 5.41) is 0. The normalized spacial score (nSPS) is 12.2. The maximum atomic E-state index is 2.39. The lowest BCUT2D eigenvalue weighted by molar-refractivity contribution is 0.708. The topological polar surface area (TPSA) is 3.24 Å². The standard InChI is InChI=1S/C25H29N/c1-5-20(4)23-17-12-18-24(25(23)19(2)3)26(21-13-8-6-9-14-21)22-15-10-7-11-16-22/h6-20H,5H2,1-4H3. The molecule has 0 saturated carbocycles. The monoisotopic (exact) mass is 343 g/mol. The number of nitrogens with zero attached hydrogens (tertiary/aromatic N) is 1. The number of rotatable bonds is 6. The lowest BCUT2D eigenvalue weighted by Crippen LogP contribution is -2.14. The highest BCUT2D eigenvalue weighted by molar-refractivity contribution is 5.79. The van der Waals surface area contributed by atoms with Crippen molar-refractivity contribution in [3.63, 3.8) is 0 Å². The molecule has 0 fully saturated rings. The minimum Gasteiger partial charge on any atom is -0.310 e. The van der Waals surface area contributed by atoms with Crippen molar-refractivity contribution in [3.8, 4) is 0 Å². The van der Waals surface area contributed by atoms with Crippen molar-refractivity contribution in [1.29, 1.82) is 0 Å². The van der Waals surface area contributed by atoms with Crippen molar-refractivity contribution < 1.29 is 0 Å². The first-order valence-corrected chi connectivity index (χ1v) is 9.66. The number of anilines is 3. The second-order valence-electron chi connectivity index (χ2n) is 7.25. The van der Waals surface area contributed by atoms with Gasteiger partial charge in [-0.1, -0.05) is 76.2 Å². The van der Waals surface area contributed by atoms with Gasteiger partial charge in [0.2, 0.25) is 0 Å². The Morgan fingerprint density at radius 2 is 1.23 bits per heavy atom. The molecule has 0 aliphatic rings. The van der Waals surface area contributed by atoms with Crippen LogP contribution >= 0.6 is 0 Å². The van der Waals surface area contributed by atoms with Gasteiger partial charge in [-0.05, 0) is 59.7 Å². The van der Waals surface area contributed by atoms with Gasteiger partial charge in [-0.2, -0.15) is 0 Å². The molecular weight excluding hydrogens is 314 g/mol. The highest BCUT2D eigenvalue weighted by atomic mass is 15.1. The maximum Gasteiger partial charge on any atom is 0.0499 e. The van der Waals surface area contributed by atoms with E-state index in [9.17, 15) is 0 Å². The van der Waals surface area contributed by atoms with Crippen LogP contribution in [-0.4, -0.2) is 0 Å². The Hall–Kier alpha value is -2.54. The van der Waals surface area contributed by atoms with Crippen LogP contribution in [0.1, 0.15) is 57.1 Å². The maximum absolute atomic E-state index is 2.39. The summed E-state index contributed by atoms with van der Waals surface area (Å²) in [7, 11) is 0. The minimum atomic E-state index is 0.463. The summed E-state index contributed by atoms with van der Waals surface area (Å²) in [4.78, 5) is 2.39. The molecule has 134 valence electrons. The zero-order valence-corrected chi connectivity index (χ0v) is 16.3. The van der Waals surface area contributed by atoms with Crippen LogP contribution in [0.5, 0.6) is 0 Å². The predicted octanol–water partition coefficient (Wildman–Crippen LogP) is 7.79. The van der Waals surface area contributed by atoms with Crippen molar-refractivity contribution in [2.75, 3.05) is 4.90 Å². The Morgan fingerprint density at radius 3 is 1.69 bits per heavy atom. The quantitative estimate of drug-likeness (QED) is 0.441. The number of hydrogen-bond acceptors (Lipinski definition) is 1. The van der Waals surface area contributed by atoms with Gasteiger partial charge in [0, 0.05) is 17.1 Å². The Bertz CT molecular complexity index is 782. The van der Waals surface area contributed by atoms with Crippen molar-refractivity contribution in [3.05, 3.63) is 90.0 Å². The predicted molar refractivity (Wildman–Crippen MR) is 114 cm³/mol. The molecule has 0 aliphatic heterocycles. The molecular formula is C25H29N. The summed E-state index contributed by atoms with van der Waals surface area (Å²) < 4.78 is 0. The van der Waals surface area contributed by atoms with Gasteiger partial charge in [-0.25, -0.2) is 0 Å². The number of para-hydroxylation sites is 2. The van der Waals surface area contributed by atoms with Gasteiger partial charge in [0.05, 0.1) is 0 Å². The number of hydrogen-bond donors (Lipinski definition) is 0. The molecule has 1 unspecified atom stereocenters. The van der Waals surface area contributed by atoms with Gasteiger partial charge < -0.3 is 4.90 Å². The molecule has 0 spiro atoms. The first kappa shape index (κ1) is 18.3. The van der Waals surface area contributed by atoms with Crippen molar-refractivity contribution in [1.82, 2.24) is 0 Å². The van der Waals surface area contributed by atoms with Crippen LogP contribution in [0.25, 0.3) is 0 Å². The summed E-state index contributed by atoms with van der Waals surface area (Å²) in [5.74, 6) is 1.02. The molecule has 0 bridgehead atoms. The summed E-state index contributed by atoms with van der Waals surface area (Å²) >= 11 is 0. The molecule has 0 saturated heterocycles. The SMILES string of the molecule is CCC(C)c1cccc(N(c2ccccc2)c2ccccc2)c1C(C)C. The second-order valence-corrected chi connectivity index (χ2v) is 7.25. The average molecular weight is 344 g/mol. The molecule has 3 aromatic rings. The minimum absolute atomic E-state index is 0.463. The van der Waals surface area contributed by atoms with Crippen molar-refractivity contribution >= 4 is 17.1 Å². The molecule has 0 aliphatic carbocycles. The molecule has 3 aromatic carbocycles. The van der Waals surface area contributed by atoms with Crippen LogP contribution in [0.3, 0.4) is 0 Å². The largest absolute Gasteiger partial charge is 0.310 e. The van der Waals surface area contributed by atoms with Crippen LogP contribution < -0.4 is 4.90 Å². The third kappa shape index (κ3) is 3.67. The molecule has 1 atom stereocenters. The Labute approximate surface area is 158 Å². The fourth-order valence-electron chi connectivity index (χ4n) is 3.63. The van der Waals surface area contributed by atoms with Gasteiger partial charge >= 0.3 is 0 Å². The summed E-state index contributed by atoms with van der Waals surface area (Å²) in [5.41, 5.74) is 6.60. The molecule has 1 nitrogen and oxygen atoms in total. The zero-order chi connectivity index (χ0) is 18.5. The molecule has 0 aromatic heterocycles. The van der Waals surface area contributed by atoms with E-state index in [0.29, 0.717) is 11.8 Å². The highest BCUT2D eigenvalue weighted by Gasteiger charge is 2.21. The summed E-state index contributed by atoms with van der Waals surface area (Å²) in [6, 6.07) is 28.1. The lowest BCUT2D eigenvalue weighted by Gasteiger charge is -2.31. The van der Waals surface area contributed by atoms with E-state index >= 15 is 0 Å². The van der Waals surface area contributed by atoms with Crippen LogP contribution in [-0.2, 0) is 0 Å². The fourth-order valence-corrected chi connectivity index (χ4v) is 3.63. The average Bonchev–Trinajstić information content (AvgIpc) is 2.69. The molecule has 0 heterocycles. The molecule has 3 rings (SSSR count). The molecule has 0 N–H and O–H groups in total. The van der Waals surface area contributed by atoms with Crippen LogP contribution in [0.4, 0.5) is 17.1 Å². The van der Waals surface area contributed by atoms with E-state index in [0.717, 1.165) is 6.42 Å². The Morgan fingerprint density at radius 1 is 0.692 bits per heavy atom. The first-order chi connectivity index (χ1) is 12.6. The molecule has 1 heteroatoms. The highest BCUT2D eigenvalue weighted by Crippen LogP contribution is 2.42. The van der Waals surface area contributed by atoms with E-state index < -0.39 is 0 Å². The second kappa shape index (κ2) is 8.23. The molecule has 0 amide bonds. The first-order valence-electron chi connectivity index (χ1n) is 9.66. The summed E-state index contributed by atoms with van der Waals surface area (Å²) in [6.07, 6.45) is 1.15. The Balaban J connectivity index is 2.25. The smallest absolute Gasteiger partial charge is 0.0499 e. The Kier molecular flexibility index (Phi) is 5.78. The summed E-state index contributed by atoms with van der Waals surface area (Å²) in [6.45, 7) is 9.21. The van der Waals surface area contributed by atoms with Gasteiger partial charge in [0.15, 0.2) is 0 Å². The third-order valence-corrected chi connectivity index (χ3v) is 5.11. The van der Waals surface area contributed by atoms with Crippen LogP contribution in [0.15, 0.2) is 78.9 Å². The lowest BCUT2D eigenvalue weighted by atomic mass is 9.86. The molecule has 26 heavy (non-hydrogen) atoms. The zero-order valence-electron chi connectivity index (χ0n) is 16.3. The number of benzene rings is 3. The van der Waals surface area contributed by atoms with E-state index in [2.05, 4.69) is 111 Å². The van der Waals surface area contributed by atoms with E-state index in [1.165, 1.54) is 28.2 Å².